The van der Waals surface area contributed by atoms with Crippen LogP contribution < -0.4 is 9.46 Å². The molecule has 1 amide bonds. The number of methoxy groups -OCH3 is 2. The molecule has 0 unspecified atom stereocenters. The molecule has 0 bridgehead atoms. The first-order chi connectivity index (χ1) is 12.3. The number of hydrogen-bond donors (Lipinski definition) is 1. The molecule has 1 heterocycles. The summed E-state index contributed by atoms with van der Waals surface area (Å²) in [7, 11) is -0.780. The van der Waals surface area contributed by atoms with Crippen LogP contribution in [-0.4, -0.2) is 59.2 Å². The Hall–Kier alpha value is -1.64. The van der Waals surface area contributed by atoms with Gasteiger partial charge in [-0.2, -0.15) is 0 Å². The summed E-state index contributed by atoms with van der Waals surface area (Å²) in [6.07, 6.45) is 1.89. The van der Waals surface area contributed by atoms with Crippen molar-refractivity contribution in [3.8, 4) is 5.75 Å². The summed E-state index contributed by atoms with van der Waals surface area (Å²) in [4.78, 5) is 14.7. The number of sulfonamides is 1. The van der Waals surface area contributed by atoms with Gasteiger partial charge in [0.15, 0.2) is 0 Å². The molecule has 1 N–H and O–H groups in total. The first kappa shape index (κ1) is 20.7. The molecular weight excluding hydrogens is 356 g/mol. The van der Waals surface area contributed by atoms with Crippen molar-refractivity contribution in [1.29, 1.82) is 0 Å². The molecule has 26 heavy (non-hydrogen) atoms. The lowest BCUT2D eigenvalue weighted by atomic mass is 9.98. The molecular formula is C18H28N2O5S. The molecule has 2 rings (SSSR count). The van der Waals surface area contributed by atoms with Crippen molar-refractivity contribution in [2.24, 2.45) is 5.92 Å². The van der Waals surface area contributed by atoms with Crippen molar-refractivity contribution in [2.75, 3.05) is 33.9 Å². The number of ether oxygens (including phenoxy) is 2. The minimum Gasteiger partial charge on any atom is -0.496 e. The van der Waals surface area contributed by atoms with E-state index in [0.717, 1.165) is 12.8 Å². The fraction of sp³-hybridized carbons (Fsp3) is 0.611. The molecule has 1 aromatic carbocycles. The Labute approximate surface area is 155 Å². The molecule has 0 spiro atoms. The van der Waals surface area contributed by atoms with E-state index in [4.69, 9.17) is 9.47 Å². The summed E-state index contributed by atoms with van der Waals surface area (Å²) in [5.74, 6) is 0.771. The normalized spacial score (nSPS) is 17.2. The summed E-state index contributed by atoms with van der Waals surface area (Å²) in [6.45, 7) is 5.48. The molecule has 8 heteroatoms. The maximum absolute atomic E-state index is 12.9. The van der Waals surface area contributed by atoms with E-state index in [1.165, 1.54) is 32.4 Å². The highest BCUT2D eigenvalue weighted by Gasteiger charge is 2.26. The maximum Gasteiger partial charge on any atom is 0.257 e. The number of benzene rings is 1. The van der Waals surface area contributed by atoms with Gasteiger partial charge in [-0.15, -0.1) is 0 Å². The molecule has 0 radical (unpaired) electrons. The van der Waals surface area contributed by atoms with E-state index in [2.05, 4.69) is 11.6 Å². The summed E-state index contributed by atoms with van der Waals surface area (Å²) in [6, 6.07) is 3.97. The quantitative estimate of drug-likeness (QED) is 0.776. The standard InChI is InChI=1S/C18H28N2O5S/c1-13-7-9-20(10-8-13)18(21)16-11-15(5-6-17(16)25-4)26(22,23)19-14(2)12-24-3/h5-6,11,13-14,19H,7-10,12H2,1-4H3/t14-/m0/s1. The number of rotatable bonds is 7. The Morgan fingerprint density at radius 1 is 1.31 bits per heavy atom. The maximum atomic E-state index is 12.9. The Morgan fingerprint density at radius 3 is 2.54 bits per heavy atom. The minimum atomic E-state index is -3.76. The van der Waals surface area contributed by atoms with Gasteiger partial charge in [-0.25, -0.2) is 13.1 Å². The molecule has 1 aromatic rings. The van der Waals surface area contributed by atoms with Gasteiger partial charge >= 0.3 is 0 Å². The first-order valence-electron chi connectivity index (χ1n) is 8.77. The van der Waals surface area contributed by atoms with Gasteiger partial charge in [0.1, 0.15) is 5.75 Å². The predicted octanol–water partition coefficient (Wildman–Crippen LogP) is 1.88. The monoisotopic (exact) mass is 384 g/mol. The van der Waals surface area contributed by atoms with Crippen LogP contribution in [0.1, 0.15) is 37.0 Å². The third-order valence-corrected chi connectivity index (χ3v) is 6.14. The van der Waals surface area contributed by atoms with Gasteiger partial charge in [0.05, 0.1) is 24.2 Å². The van der Waals surface area contributed by atoms with Crippen molar-refractivity contribution in [1.82, 2.24) is 9.62 Å². The van der Waals surface area contributed by atoms with E-state index in [0.29, 0.717) is 24.8 Å². The Kier molecular flexibility index (Phi) is 7.02. The van der Waals surface area contributed by atoms with Gasteiger partial charge in [0.2, 0.25) is 10.0 Å². The van der Waals surface area contributed by atoms with E-state index in [1.54, 1.807) is 11.8 Å². The van der Waals surface area contributed by atoms with Crippen LogP contribution in [0, 0.1) is 5.92 Å². The number of carbonyl (C=O) groups excluding carboxylic acids is 1. The summed E-state index contributed by atoms with van der Waals surface area (Å²) >= 11 is 0. The van der Waals surface area contributed by atoms with Crippen LogP contribution in [0.2, 0.25) is 0 Å². The fourth-order valence-electron chi connectivity index (χ4n) is 3.02. The number of nitrogens with one attached hydrogen (secondary N) is 1. The minimum absolute atomic E-state index is 0.0370. The van der Waals surface area contributed by atoms with Crippen LogP contribution in [0.3, 0.4) is 0 Å². The van der Waals surface area contributed by atoms with Gasteiger partial charge in [0.25, 0.3) is 5.91 Å². The van der Waals surface area contributed by atoms with Crippen LogP contribution in [0.5, 0.6) is 5.75 Å². The molecule has 0 aromatic heterocycles. The van der Waals surface area contributed by atoms with Crippen molar-refractivity contribution in [2.45, 2.75) is 37.6 Å². The number of carbonyl (C=O) groups is 1. The van der Waals surface area contributed by atoms with Crippen LogP contribution in [-0.2, 0) is 14.8 Å². The average molecular weight is 384 g/mol. The second kappa shape index (κ2) is 8.83. The van der Waals surface area contributed by atoms with E-state index < -0.39 is 10.0 Å². The lowest BCUT2D eigenvalue weighted by Crippen LogP contribution is -2.38. The Bertz CT molecular complexity index is 727. The number of piperidine rings is 1. The zero-order valence-corrected chi connectivity index (χ0v) is 16.6. The third kappa shape index (κ3) is 4.96. The Morgan fingerprint density at radius 2 is 1.96 bits per heavy atom. The van der Waals surface area contributed by atoms with E-state index in [-0.39, 0.29) is 29.0 Å². The second-order valence-corrected chi connectivity index (χ2v) is 8.53. The molecule has 7 nitrogen and oxygen atoms in total. The average Bonchev–Trinajstić information content (AvgIpc) is 2.61. The smallest absolute Gasteiger partial charge is 0.257 e. The highest BCUT2D eigenvalue weighted by Crippen LogP contribution is 2.26. The molecule has 1 fully saturated rings. The largest absolute Gasteiger partial charge is 0.496 e. The number of amides is 1. The van der Waals surface area contributed by atoms with Crippen LogP contribution in [0.15, 0.2) is 23.1 Å². The van der Waals surface area contributed by atoms with Crippen molar-refractivity contribution >= 4 is 15.9 Å². The van der Waals surface area contributed by atoms with E-state index in [9.17, 15) is 13.2 Å². The van der Waals surface area contributed by atoms with Crippen molar-refractivity contribution < 1.29 is 22.7 Å². The summed E-state index contributed by atoms with van der Waals surface area (Å²) in [5, 5.41) is 0. The zero-order chi connectivity index (χ0) is 19.3. The molecule has 1 aliphatic rings. The lowest BCUT2D eigenvalue weighted by molar-refractivity contribution is 0.0693. The molecule has 0 saturated carbocycles. The van der Waals surface area contributed by atoms with Gasteiger partial charge in [0, 0.05) is 26.2 Å². The molecule has 0 aliphatic carbocycles. The number of likely N-dealkylation sites (tertiary alicyclic amines) is 1. The zero-order valence-electron chi connectivity index (χ0n) is 15.8. The molecule has 1 saturated heterocycles. The van der Waals surface area contributed by atoms with E-state index in [1.807, 2.05) is 0 Å². The molecule has 146 valence electrons. The molecule has 1 atom stereocenters. The summed E-state index contributed by atoms with van der Waals surface area (Å²) in [5.41, 5.74) is 0.268. The Balaban J connectivity index is 2.29. The highest BCUT2D eigenvalue weighted by molar-refractivity contribution is 7.89. The SMILES string of the molecule is COC[C@H](C)NS(=O)(=O)c1ccc(OC)c(C(=O)N2CCC(C)CC2)c1. The lowest BCUT2D eigenvalue weighted by Gasteiger charge is -2.30. The number of hydrogen-bond acceptors (Lipinski definition) is 5. The fourth-order valence-corrected chi connectivity index (χ4v) is 4.27. The van der Waals surface area contributed by atoms with Crippen LogP contribution >= 0.6 is 0 Å². The van der Waals surface area contributed by atoms with Crippen LogP contribution in [0.25, 0.3) is 0 Å². The van der Waals surface area contributed by atoms with Gasteiger partial charge in [-0.05, 0) is 43.9 Å². The van der Waals surface area contributed by atoms with Gasteiger partial charge < -0.3 is 14.4 Å². The number of nitrogens with zero attached hydrogens (tertiary/aromatic N) is 1. The summed E-state index contributed by atoms with van der Waals surface area (Å²) < 4.78 is 37.9. The highest BCUT2D eigenvalue weighted by atomic mass is 32.2. The third-order valence-electron chi connectivity index (χ3n) is 4.56. The van der Waals surface area contributed by atoms with Gasteiger partial charge in [-0.1, -0.05) is 6.92 Å². The van der Waals surface area contributed by atoms with Crippen molar-refractivity contribution in [3.05, 3.63) is 23.8 Å². The van der Waals surface area contributed by atoms with Gasteiger partial charge in [-0.3, -0.25) is 4.79 Å². The van der Waals surface area contributed by atoms with E-state index >= 15 is 0 Å². The second-order valence-electron chi connectivity index (χ2n) is 6.81. The first-order valence-corrected chi connectivity index (χ1v) is 10.3. The predicted molar refractivity (Wildman–Crippen MR) is 99.0 cm³/mol. The molecule has 1 aliphatic heterocycles. The van der Waals surface area contributed by atoms with Crippen LogP contribution in [0.4, 0.5) is 0 Å². The van der Waals surface area contributed by atoms with Crippen molar-refractivity contribution in [3.63, 3.8) is 0 Å². The topological polar surface area (TPSA) is 84.9 Å².